The zero-order valence-electron chi connectivity index (χ0n) is 10.2. The average molecular weight is 261 g/mol. The van der Waals surface area contributed by atoms with Crippen molar-refractivity contribution in [2.45, 2.75) is 6.92 Å². The van der Waals surface area contributed by atoms with Gasteiger partial charge in [0.25, 0.3) is 0 Å². The van der Waals surface area contributed by atoms with Gasteiger partial charge < -0.3 is 15.7 Å². The standard InChI is InChI=1S/C13H12FN3O2/c1-8-7-9(14)4-5-11(8)19-13-10(12(15)17-18)3-2-6-16-13/h2-7,18H,1H3,(H2,15,17). The lowest BCUT2D eigenvalue weighted by Gasteiger charge is -2.10. The second-order valence-corrected chi connectivity index (χ2v) is 3.85. The second kappa shape index (κ2) is 5.34. The lowest BCUT2D eigenvalue weighted by Crippen LogP contribution is -2.14. The van der Waals surface area contributed by atoms with Gasteiger partial charge in [-0.1, -0.05) is 5.16 Å². The number of oxime groups is 1. The highest BCUT2D eigenvalue weighted by atomic mass is 19.1. The molecule has 0 saturated carbocycles. The molecule has 0 aliphatic carbocycles. The molecule has 1 aromatic heterocycles. The van der Waals surface area contributed by atoms with Crippen LogP contribution >= 0.6 is 0 Å². The van der Waals surface area contributed by atoms with E-state index in [0.717, 1.165) is 0 Å². The van der Waals surface area contributed by atoms with Gasteiger partial charge in [-0.15, -0.1) is 0 Å². The minimum Gasteiger partial charge on any atom is -0.438 e. The maximum atomic E-state index is 13.0. The van der Waals surface area contributed by atoms with Crippen LogP contribution < -0.4 is 10.5 Å². The number of nitrogens with zero attached hydrogens (tertiary/aromatic N) is 2. The van der Waals surface area contributed by atoms with E-state index in [1.165, 1.54) is 24.4 Å². The fraction of sp³-hybridized carbons (Fsp3) is 0.0769. The molecule has 5 nitrogen and oxygen atoms in total. The summed E-state index contributed by atoms with van der Waals surface area (Å²) in [7, 11) is 0. The molecular formula is C13H12FN3O2. The first-order valence-corrected chi connectivity index (χ1v) is 5.48. The minimum absolute atomic E-state index is 0.108. The van der Waals surface area contributed by atoms with E-state index in [9.17, 15) is 4.39 Å². The molecule has 6 heteroatoms. The Labute approximate surface area is 109 Å². The summed E-state index contributed by atoms with van der Waals surface area (Å²) in [5, 5.41) is 11.6. The number of hydrogen-bond acceptors (Lipinski definition) is 4. The van der Waals surface area contributed by atoms with Crippen LogP contribution in [-0.2, 0) is 0 Å². The van der Waals surface area contributed by atoms with Gasteiger partial charge in [0.2, 0.25) is 5.88 Å². The molecule has 0 fully saturated rings. The number of benzene rings is 1. The van der Waals surface area contributed by atoms with E-state index in [1.807, 2.05) is 0 Å². The number of aryl methyl sites for hydroxylation is 1. The number of hydrogen-bond donors (Lipinski definition) is 2. The van der Waals surface area contributed by atoms with Crippen LogP contribution in [0.3, 0.4) is 0 Å². The van der Waals surface area contributed by atoms with Gasteiger partial charge in [-0.25, -0.2) is 9.37 Å². The molecule has 1 heterocycles. The summed E-state index contributed by atoms with van der Waals surface area (Å²) in [4.78, 5) is 4.02. The molecule has 0 radical (unpaired) electrons. The number of ether oxygens (including phenoxy) is 1. The number of halogens is 1. The first-order chi connectivity index (χ1) is 9.11. The largest absolute Gasteiger partial charge is 0.438 e. The lowest BCUT2D eigenvalue weighted by molar-refractivity contribution is 0.318. The molecule has 19 heavy (non-hydrogen) atoms. The Hall–Kier alpha value is -2.63. The van der Waals surface area contributed by atoms with Crippen LogP contribution in [0.1, 0.15) is 11.1 Å². The quantitative estimate of drug-likeness (QED) is 0.385. The van der Waals surface area contributed by atoms with Crippen LogP contribution in [0.4, 0.5) is 4.39 Å². The first kappa shape index (κ1) is 12.8. The van der Waals surface area contributed by atoms with Crippen molar-refractivity contribution in [2.24, 2.45) is 10.9 Å². The molecule has 0 aliphatic heterocycles. The zero-order valence-corrected chi connectivity index (χ0v) is 10.2. The van der Waals surface area contributed by atoms with Crippen LogP contribution in [-0.4, -0.2) is 16.0 Å². The molecule has 1 aromatic carbocycles. The fourth-order valence-corrected chi connectivity index (χ4v) is 1.55. The molecule has 2 aromatic rings. The number of pyridine rings is 1. The van der Waals surface area contributed by atoms with Gasteiger partial charge in [0.1, 0.15) is 11.6 Å². The highest BCUT2D eigenvalue weighted by Crippen LogP contribution is 2.26. The Kier molecular flexibility index (Phi) is 3.61. The average Bonchev–Trinajstić information content (AvgIpc) is 2.41. The SMILES string of the molecule is Cc1cc(F)ccc1Oc1ncccc1/C(N)=N/O. The molecule has 98 valence electrons. The van der Waals surface area contributed by atoms with Crippen LogP contribution in [0.15, 0.2) is 41.7 Å². The van der Waals surface area contributed by atoms with E-state index in [4.69, 9.17) is 15.7 Å². The van der Waals surface area contributed by atoms with E-state index in [1.54, 1.807) is 19.1 Å². The molecule has 0 aliphatic rings. The van der Waals surface area contributed by atoms with Gasteiger partial charge in [0.15, 0.2) is 5.84 Å². The molecule has 0 saturated heterocycles. The van der Waals surface area contributed by atoms with E-state index in [0.29, 0.717) is 16.9 Å². The fourth-order valence-electron chi connectivity index (χ4n) is 1.55. The first-order valence-electron chi connectivity index (χ1n) is 5.48. The minimum atomic E-state index is -0.345. The molecule has 3 N–H and O–H groups in total. The normalized spacial score (nSPS) is 11.4. The van der Waals surface area contributed by atoms with Crippen LogP contribution in [0.5, 0.6) is 11.6 Å². The molecule has 0 spiro atoms. The summed E-state index contributed by atoms with van der Waals surface area (Å²) in [6.45, 7) is 1.71. The van der Waals surface area contributed by atoms with Gasteiger partial charge in [-0.2, -0.15) is 0 Å². The summed E-state index contributed by atoms with van der Waals surface area (Å²) < 4.78 is 18.6. The third-order valence-corrected chi connectivity index (χ3v) is 2.50. The van der Waals surface area contributed by atoms with E-state index in [-0.39, 0.29) is 17.5 Å². The highest BCUT2D eigenvalue weighted by Gasteiger charge is 2.11. The molecule has 0 amide bonds. The van der Waals surface area contributed by atoms with E-state index < -0.39 is 0 Å². The number of aromatic nitrogens is 1. The number of rotatable bonds is 3. The molecule has 0 atom stereocenters. The third-order valence-electron chi connectivity index (χ3n) is 2.50. The van der Waals surface area contributed by atoms with Gasteiger partial charge in [-0.3, -0.25) is 0 Å². The highest BCUT2D eigenvalue weighted by molar-refractivity contribution is 5.99. The van der Waals surface area contributed by atoms with Crippen molar-refractivity contribution in [3.8, 4) is 11.6 Å². The summed E-state index contributed by atoms with van der Waals surface area (Å²) in [6.07, 6.45) is 1.52. The van der Waals surface area contributed by atoms with Gasteiger partial charge >= 0.3 is 0 Å². The van der Waals surface area contributed by atoms with Crippen molar-refractivity contribution in [3.63, 3.8) is 0 Å². The monoisotopic (exact) mass is 261 g/mol. The van der Waals surface area contributed by atoms with E-state index in [2.05, 4.69) is 10.1 Å². The topological polar surface area (TPSA) is 80.7 Å². The maximum Gasteiger partial charge on any atom is 0.230 e. The molecule has 0 bridgehead atoms. The molecule has 0 unspecified atom stereocenters. The van der Waals surface area contributed by atoms with Crippen molar-refractivity contribution in [1.29, 1.82) is 0 Å². The third kappa shape index (κ3) is 2.79. The Bertz CT molecular complexity index is 629. The lowest BCUT2D eigenvalue weighted by atomic mass is 10.2. The van der Waals surface area contributed by atoms with Crippen molar-refractivity contribution < 1.29 is 14.3 Å². The van der Waals surface area contributed by atoms with Crippen molar-refractivity contribution in [2.75, 3.05) is 0 Å². The maximum absolute atomic E-state index is 13.0. The van der Waals surface area contributed by atoms with Crippen molar-refractivity contribution in [1.82, 2.24) is 4.98 Å². The van der Waals surface area contributed by atoms with Gasteiger partial charge in [0, 0.05) is 6.20 Å². The zero-order chi connectivity index (χ0) is 13.8. The summed E-state index contributed by atoms with van der Waals surface area (Å²) in [6, 6.07) is 7.37. The second-order valence-electron chi connectivity index (χ2n) is 3.85. The molecule has 2 rings (SSSR count). The Morgan fingerprint density at radius 2 is 2.21 bits per heavy atom. The van der Waals surface area contributed by atoms with Crippen molar-refractivity contribution in [3.05, 3.63) is 53.5 Å². The van der Waals surface area contributed by atoms with Crippen LogP contribution in [0.2, 0.25) is 0 Å². The van der Waals surface area contributed by atoms with Crippen molar-refractivity contribution >= 4 is 5.84 Å². The van der Waals surface area contributed by atoms with E-state index >= 15 is 0 Å². The number of amidine groups is 1. The summed E-state index contributed by atoms with van der Waals surface area (Å²) in [5.41, 5.74) is 6.51. The summed E-state index contributed by atoms with van der Waals surface area (Å²) in [5.74, 6) is 0.185. The predicted octanol–water partition coefficient (Wildman–Crippen LogP) is 2.42. The Morgan fingerprint density at radius 1 is 1.42 bits per heavy atom. The van der Waals surface area contributed by atoms with Gasteiger partial charge in [0.05, 0.1) is 5.56 Å². The Morgan fingerprint density at radius 3 is 2.89 bits per heavy atom. The Balaban J connectivity index is 2.38. The van der Waals surface area contributed by atoms with Gasteiger partial charge in [-0.05, 0) is 42.8 Å². The molecular weight excluding hydrogens is 249 g/mol. The smallest absolute Gasteiger partial charge is 0.230 e. The van der Waals surface area contributed by atoms with Crippen LogP contribution in [0.25, 0.3) is 0 Å². The number of nitrogens with two attached hydrogens (primary N) is 1. The predicted molar refractivity (Wildman–Crippen MR) is 68.0 cm³/mol. The summed E-state index contributed by atoms with van der Waals surface area (Å²) >= 11 is 0. The van der Waals surface area contributed by atoms with Crippen LogP contribution in [0, 0.1) is 12.7 Å².